The van der Waals surface area contributed by atoms with Gasteiger partial charge in [-0.3, -0.25) is 18.7 Å². The number of amides is 1. The van der Waals surface area contributed by atoms with E-state index >= 15 is 0 Å². The van der Waals surface area contributed by atoms with Crippen LogP contribution in [0.2, 0.25) is 0 Å². The second kappa shape index (κ2) is 6.55. The van der Waals surface area contributed by atoms with Gasteiger partial charge in [-0.25, -0.2) is 14.2 Å². The van der Waals surface area contributed by atoms with E-state index in [1.54, 1.807) is 19.9 Å². The summed E-state index contributed by atoms with van der Waals surface area (Å²) >= 11 is 0. The summed E-state index contributed by atoms with van der Waals surface area (Å²) in [4.78, 5) is 41.7. The zero-order chi connectivity index (χ0) is 19.0. The van der Waals surface area contributed by atoms with Gasteiger partial charge in [0, 0.05) is 18.4 Å². The Morgan fingerprint density at radius 1 is 1.23 bits per heavy atom. The number of halogens is 1. The van der Waals surface area contributed by atoms with Crippen LogP contribution in [0.4, 0.5) is 10.1 Å². The van der Waals surface area contributed by atoms with Crippen LogP contribution in [0.15, 0.2) is 39.9 Å². The van der Waals surface area contributed by atoms with Gasteiger partial charge in [0.25, 0.3) is 5.56 Å². The molecule has 0 spiro atoms. The number of pyridine rings is 1. The van der Waals surface area contributed by atoms with E-state index in [-0.39, 0.29) is 16.7 Å². The van der Waals surface area contributed by atoms with E-state index in [0.29, 0.717) is 11.3 Å². The third kappa shape index (κ3) is 3.13. The van der Waals surface area contributed by atoms with Crippen molar-refractivity contribution < 1.29 is 9.18 Å². The molecule has 0 saturated carbocycles. The molecule has 0 unspecified atom stereocenters. The summed E-state index contributed by atoms with van der Waals surface area (Å²) < 4.78 is 15.3. The third-order valence-electron chi connectivity index (χ3n) is 4.03. The van der Waals surface area contributed by atoms with E-state index in [2.05, 4.69) is 10.3 Å². The average Bonchev–Trinajstić information content (AvgIpc) is 2.56. The Bertz CT molecular complexity index is 1150. The number of carbonyl (C=O) groups is 1. The Balaban J connectivity index is 2.04. The van der Waals surface area contributed by atoms with Gasteiger partial charge in [0.2, 0.25) is 5.91 Å². The molecule has 0 atom stereocenters. The maximum atomic E-state index is 13.2. The van der Waals surface area contributed by atoms with Crippen molar-refractivity contribution in [3.63, 3.8) is 0 Å². The molecule has 3 rings (SSSR count). The summed E-state index contributed by atoms with van der Waals surface area (Å²) in [5.74, 6) is -1.11. The van der Waals surface area contributed by atoms with Crippen molar-refractivity contribution in [2.24, 2.45) is 7.05 Å². The number of hydrogen-bond donors (Lipinski definition) is 1. The number of rotatable bonds is 3. The first-order valence-corrected chi connectivity index (χ1v) is 7.91. The normalized spacial score (nSPS) is 10.9. The molecule has 1 N–H and O–H groups in total. The number of nitrogens with one attached hydrogen (secondary N) is 1. The largest absolute Gasteiger partial charge is 0.332 e. The molecule has 0 bridgehead atoms. The standard InChI is InChI=1S/C18H17FN4O3/c1-10-7-11(2)20-16-15(10)17(25)23(18(26)22(16)3)9-14(24)21-13-6-4-5-12(19)8-13/h4-8H,9H2,1-3H3,(H,21,24). The van der Waals surface area contributed by atoms with Crippen LogP contribution in [0.5, 0.6) is 0 Å². The molecule has 26 heavy (non-hydrogen) atoms. The highest BCUT2D eigenvalue weighted by atomic mass is 19.1. The van der Waals surface area contributed by atoms with Gasteiger partial charge >= 0.3 is 5.69 Å². The summed E-state index contributed by atoms with van der Waals surface area (Å²) in [5, 5.41) is 2.76. The van der Waals surface area contributed by atoms with Crippen LogP contribution in [-0.4, -0.2) is 20.0 Å². The Hall–Kier alpha value is -3.29. The molecule has 1 aromatic carbocycles. The molecular formula is C18H17FN4O3. The summed E-state index contributed by atoms with van der Waals surface area (Å²) in [5.41, 5.74) is 0.656. The van der Waals surface area contributed by atoms with Crippen molar-refractivity contribution in [3.05, 3.63) is 68.2 Å². The first-order valence-electron chi connectivity index (χ1n) is 7.91. The van der Waals surface area contributed by atoms with Crippen LogP contribution >= 0.6 is 0 Å². The molecule has 0 aliphatic heterocycles. The van der Waals surface area contributed by atoms with Gasteiger partial charge in [0.15, 0.2) is 0 Å². The highest BCUT2D eigenvalue weighted by Crippen LogP contribution is 2.12. The topological polar surface area (TPSA) is 86.0 Å². The molecule has 8 heteroatoms. The Kier molecular flexibility index (Phi) is 4.41. The quantitative estimate of drug-likeness (QED) is 0.770. The lowest BCUT2D eigenvalue weighted by molar-refractivity contribution is -0.116. The van der Waals surface area contributed by atoms with Crippen LogP contribution in [0.1, 0.15) is 11.3 Å². The highest BCUT2D eigenvalue weighted by Gasteiger charge is 2.16. The molecule has 0 aliphatic carbocycles. The van der Waals surface area contributed by atoms with Gasteiger partial charge in [-0.1, -0.05) is 6.07 Å². The summed E-state index contributed by atoms with van der Waals surface area (Å²) in [6.07, 6.45) is 0. The first kappa shape index (κ1) is 17.5. The van der Waals surface area contributed by atoms with E-state index in [9.17, 15) is 18.8 Å². The Morgan fingerprint density at radius 2 is 1.96 bits per heavy atom. The fraction of sp³-hybridized carbons (Fsp3) is 0.222. The predicted molar refractivity (Wildman–Crippen MR) is 95.7 cm³/mol. The number of fused-ring (bicyclic) bond motifs is 1. The van der Waals surface area contributed by atoms with Gasteiger partial charge in [-0.2, -0.15) is 0 Å². The fourth-order valence-electron chi connectivity index (χ4n) is 2.87. The number of aryl methyl sites for hydroxylation is 3. The minimum absolute atomic E-state index is 0.245. The lowest BCUT2D eigenvalue weighted by Crippen LogP contribution is -2.42. The van der Waals surface area contributed by atoms with Gasteiger partial charge in [0.1, 0.15) is 18.0 Å². The number of nitrogens with zero attached hydrogens (tertiary/aromatic N) is 3. The van der Waals surface area contributed by atoms with E-state index in [4.69, 9.17) is 0 Å². The minimum Gasteiger partial charge on any atom is -0.324 e. The van der Waals surface area contributed by atoms with Crippen molar-refractivity contribution in [2.75, 3.05) is 5.32 Å². The summed E-state index contributed by atoms with van der Waals surface area (Å²) in [7, 11) is 1.50. The fourth-order valence-corrected chi connectivity index (χ4v) is 2.87. The molecule has 2 heterocycles. The smallest absolute Gasteiger partial charge is 0.324 e. The number of benzene rings is 1. The van der Waals surface area contributed by atoms with E-state index in [0.717, 1.165) is 10.6 Å². The highest BCUT2D eigenvalue weighted by molar-refractivity contribution is 5.90. The number of aromatic nitrogens is 3. The molecule has 7 nitrogen and oxygen atoms in total. The van der Waals surface area contributed by atoms with Crippen molar-refractivity contribution in [3.8, 4) is 0 Å². The molecule has 1 amide bonds. The van der Waals surface area contributed by atoms with Crippen molar-refractivity contribution in [1.29, 1.82) is 0 Å². The molecule has 0 fully saturated rings. The van der Waals surface area contributed by atoms with Crippen molar-refractivity contribution in [2.45, 2.75) is 20.4 Å². The molecule has 3 aromatic rings. The number of anilines is 1. The van der Waals surface area contributed by atoms with Gasteiger partial charge in [0.05, 0.1) is 5.39 Å². The Morgan fingerprint density at radius 3 is 2.65 bits per heavy atom. The average molecular weight is 356 g/mol. The maximum absolute atomic E-state index is 13.2. The monoisotopic (exact) mass is 356 g/mol. The third-order valence-corrected chi connectivity index (χ3v) is 4.03. The number of hydrogen-bond acceptors (Lipinski definition) is 4. The van der Waals surface area contributed by atoms with E-state index < -0.39 is 29.5 Å². The van der Waals surface area contributed by atoms with Crippen molar-refractivity contribution in [1.82, 2.24) is 14.1 Å². The van der Waals surface area contributed by atoms with Gasteiger partial charge in [-0.05, 0) is 43.7 Å². The van der Waals surface area contributed by atoms with Crippen LogP contribution < -0.4 is 16.6 Å². The zero-order valence-electron chi connectivity index (χ0n) is 14.5. The Labute approximate surface area is 147 Å². The second-order valence-electron chi connectivity index (χ2n) is 6.07. The molecule has 0 aliphatic rings. The minimum atomic E-state index is -0.644. The number of carbonyl (C=O) groups excluding carboxylic acids is 1. The van der Waals surface area contributed by atoms with Crippen molar-refractivity contribution >= 4 is 22.6 Å². The summed E-state index contributed by atoms with van der Waals surface area (Å²) in [6, 6.07) is 7.10. The van der Waals surface area contributed by atoms with Crippen LogP contribution in [0, 0.1) is 19.7 Å². The first-order chi connectivity index (χ1) is 12.3. The molecule has 134 valence electrons. The molecule has 0 radical (unpaired) electrons. The van der Waals surface area contributed by atoms with Gasteiger partial charge < -0.3 is 5.32 Å². The SMILES string of the molecule is Cc1cc(C)c2c(=O)n(CC(=O)Nc3cccc(F)c3)c(=O)n(C)c2n1. The second-order valence-corrected chi connectivity index (χ2v) is 6.07. The lowest BCUT2D eigenvalue weighted by Gasteiger charge is -2.12. The molecule has 0 saturated heterocycles. The van der Waals surface area contributed by atoms with Crippen LogP contribution in [-0.2, 0) is 18.4 Å². The van der Waals surface area contributed by atoms with E-state index in [1.807, 2.05) is 0 Å². The summed E-state index contributed by atoms with van der Waals surface area (Å²) in [6.45, 7) is 3.04. The molecule has 2 aromatic heterocycles. The predicted octanol–water partition coefficient (Wildman–Crippen LogP) is 1.49. The zero-order valence-corrected chi connectivity index (χ0v) is 14.5. The van der Waals surface area contributed by atoms with E-state index in [1.165, 1.54) is 29.8 Å². The van der Waals surface area contributed by atoms with Crippen LogP contribution in [0.25, 0.3) is 11.0 Å². The molecular weight excluding hydrogens is 339 g/mol. The van der Waals surface area contributed by atoms with Gasteiger partial charge in [-0.15, -0.1) is 0 Å². The maximum Gasteiger partial charge on any atom is 0.332 e. The van der Waals surface area contributed by atoms with Crippen LogP contribution in [0.3, 0.4) is 0 Å². The lowest BCUT2D eigenvalue weighted by atomic mass is 10.2.